The van der Waals surface area contributed by atoms with Crippen molar-refractivity contribution in [2.24, 2.45) is 11.1 Å². The molecule has 0 spiro atoms. The Morgan fingerprint density at radius 1 is 1.62 bits per heavy atom. The van der Waals surface area contributed by atoms with E-state index in [9.17, 15) is 0 Å². The van der Waals surface area contributed by atoms with Crippen LogP contribution in [0.25, 0.3) is 0 Å². The van der Waals surface area contributed by atoms with E-state index < -0.39 is 0 Å². The van der Waals surface area contributed by atoms with Crippen molar-refractivity contribution in [1.29, 1.82) is 0 Å². The average molecular weight is 239 g/mol. The summed E-state index contributed by atoms with van der Waals surface area (Å²) in [5, 5.41) is 3.19. The van der Waals surface area contributed by atoms with E-state index in [-0.39, 0.29) is 6.04 Å². The third-order valence-electron chi connectivity index (χ3n) is 3.10. The fourth-order valence-corrected chi connectivity index (χ4v) is 2.96. The largest absolute Gasteiger partial charge is 0.322 e. The minimum atomic E-state index is 0.0637. The standard InChI is InChI=1S/C12H21N3S/c1-9(13)11-14-10(7-16-11)6-15-5-4-12(2,3)8-15/h7,9H,4-6,8,13H2,1-3H3. The molecule has 0 aliphatic carbocycles. The van der Waals surface area contributed by atoms with Gasteiger partial charge in [0.2, 0.25) is 0 Å². The molecule has 3 nitrogen and oxygen atoms in total. The summed E-state index contributed by atoms with van der Waals surface area (Å²) in [6.45, 7) is 10.0. The van der Waals surface area contributed by atoms with E-state index in [1.807, 2.05) is 6.92 Å². The van der Waals surface area contributed by atoms with Crippen LogP contribution in [0, 0.1) is 5.41 Å². The normalized spacial score (nSPS) is 22.5. The number of rotatable bonds is 3. The van der Waals surface area contributed by atoms with Crippen molar-refractivity contribution in [3.8, 4) is 0 Å². The van der Waals surface area contributed by atoms with Gasteiger partial charge in [-0.25, -0.2) is 4.98 Å². The fourth-order valence-electron chi connectivity index (χ4n) is 2.19. The van der Waals surface area contributed by atoms with Crippen molar-refractivity contribution in [2.45, 2.75) is 39.8 Å². The van der Waals surface area contributed by atoms with Gasteiger partial charge < -0.3 is 5.73 Å². The Bertz CT molecular complexity index is 357. The second-order valence-electron chi connectivity index (χ2n) is 5.59. The molecule has 2 N–H and O–H groups in total. The number of likely N-dealkylation sites (tertiary alicyclic amines) is 1. The molecule has 0 bridgehead atoms. The molecule has 0 amide bonds. The Balaban J connectivity index is 1.94. The van der Waals surface area contributed by atoms with Gasteiger partial charge in [0.1, 0.15) is 5.01 Å². The van der Waals surface area contributed by atoms with Crippen LogP contribution in [0.15, 0.2) is 5.38 Å². The third kappa shape index (κ3) is 2.81. The van der Waals surface area contributed by atoms with Crippen molar-refractivity contribution < 1.29 is 0 Å². The highest BCUT2D eigenvalue weighted by Gasteiger charge is 2.29. The predicted octanol–water partition coefficient (Wildman–Crippen LogP) is 2.39. The van der Waals surface area contributed by atoms with E-state index in [1.165, 1.54) is 25.2 Å². The Kier molecular flexibility index (Phi) is 3.33. The van der Waals surface area contributed by atoms with Crippen molar-refractivity contribution in [3.05, 3.63) is 16.1 Å². The van der Waals surface area contributed by atoms with Gasteiger partial charge in [0.25, 0.3) is 0 Å². The number of thiazole rings is 1. The Labute approximate surface area is 102 Å². The van der Waals surface area contributed by atoms with Crippen LogP contribution < -0.4 is 5.73 Å². The van der Waals surface area contributed by atoms with Gasteiger partial charge in [-0.3, -0.25) is 4.90 Å². The van der Waals surface area contributed by atoms with E-state index in [1.54, 1.807) is 11.3 Å². The lowest BCUT2D eigenvalue weighted by molar-refractivity contribution is 0.282. The lowest BCUT2D eigenvalue weighted by Gasteiger charge is -2.18. The number of nitrogens with two attached hydrogens (primary N) is 1. The molecule has 4 heteroatoms. The van der Waals surface area contributed by atoms with Gasteiger partial charge in [0.05, 0.1) is 11.7 Å². The quantitative estimate of drug-likeness (QED) is 0.880. The molecule has 1 aromatic heterocycles. The molecule has 1 atom stereocenters. The van der Waals surface area contributed by atoms with Gasteiger partial charge in [-0.1, -0.05) is 13.8 Å². The van der Waals surface area contributed by atoms with Gasteiger partial charge in [-0.05, 0) is 25.3 Å². The minimum absolute atomic E-state index is 0.0637. The lowest BCUT2D eigenvalue weighted by atomic mass is 9.93. The summed E-state index contributed by atoms with van der Waals surface area (Å²) >= 11 is 1.68. The summed E-state index contributed by atoms with van der Waals surface area (Å²) in [6, 6.07) is 0.0637. The smallest absolute Gasteiger partial charge is 0.109 e. The summed E-state index contributed by atoms with van der Waals surface area (Å²) < 4.78 is 0. The Morgan fingerprint density at radius 3 is 2.88 bits per heavy atom. The molecular formula is C12H21N3S. The van der Waals surface area contributed by atoms with Crippen LogP contribution in [0.4, 0.5) is 0 Å². The maximum atomic E-state index is 5.81. The Morgan fingerprint density at radius 2 is 2.38 bits per heavy atom. The SMILES string of the molecule is CC(N)c1nc(CN2CCC(C)(C)C2)cs1. The average Bonchev–Trinajstić information content (AvgIpc) is 2.73. The molecule has 90 valence electrons. The van der Waals surface area contributed by atoms with Gasteiger partial charge in [0.15, 0.2) is 0 Å². The van der Waals surface area contributed by atoms with Crippen molar-refractivity contribution >= 4 is 11.3 Å². The maximum Gasteiger partial charge on any atom is 0.109 e. The van der Waals surface area contributed by atoms with Crippen LogP contribution in [0.5, 0.6) is 0 Å². The van der Waals surface area contributed by atoms with Crippen LogP contribution in [0.1, 0.15) is 43.9 Å². The third-order valence-corrected chi connectivity index (χ3v) is 4.20. The molecule has 16 heavy (non-hydrogen) atoms. The number of nitrogens with zero attached hydrogens (tertiary/aromatic N) is 2. The van der Waals surface area contributed by atoms with Gasteiger partial charge in [-0.15, -0.1) is 11.3 Å². The lowest BCUT2D eigenvalue weighted by Crippen LogP contribution is -2.23. The van der Waals surface area contributed by atoms with Crippen molar-refractivity contribution in [3.63, 3.8) is 0 Å². The molecule has 0 aromatic carbocycles. The van der Waals surface area contributed by atoms with E-state index in [0.29, 0.717) is 5.41 Å². The molecule has 0 saturated carbocycles. The fraction of sp³-hybridized carbons (Fsp3) is 0.750. The van der Waals surface area contributed by atoms with Crippen LogP contribution in [0.3, 0.4) is 0 Å². The summed E-state index contributed by atoms with van der Waals surface area (Å²) in [5.74, 6) is 0. The molecule has 1 saturated heterocycles. The summed E-state index contributed by atoms with van der Waals surface area (Å²) in [7, 11) is 0. The summed E-state index contributed by atoms with van der Waals surface area (Å²) in [6.07, 6.45) is 1.29. The van der Waals surface area contributed by atoms with Crippen LogP contribution in [-0.2, 0) is 6.54 Å². The molecule has 1 aliphatic rings. The monoisotopic (exact) mass is 239 g/mol. The zero-order valence-electron chi connectivity index (χ0n) is 10.4. The summed E-state index contributed by atoms with van der Waals surface area (Å²) in [5.41, 5.74) is 7.46. The molecule has 1 fully saturated rings. The first-order chi connectivity index (χ1) is 7.46. The number of aromatic nitrogens is 1. The molecule has 2 rings (SSSR count). The molecule has 1 aliphatic heterocycles. The van der Waals surface area contributed by atoms with Crippen LogP contribution in [-0.4, -0.2) is 23.0 Å². The van der Waals surface area contributed by atoms with Gasteiger partial charge in [0, 0.05) is 18.5 Å². The van der Waals surface area contributed by atoms with Crippen LogP contribution in [0.2, 0.25) is 0 Å². The predicted molar refractivity (Wildman–Crippen MR) is 68.4 cm³/mol. The first kappa shape index (κ1) is 12.0. The second-order valence-corrected chi connectivity index (χ2v) is 6.48. The van der Waals surface area contributed by atoms with E-state index in [0.717, 1.165) is 11.6 Å². The van der Waals surface area contributed by atoms with Gasteiger partial charge >= 0.3 is 0 Å². The first-order valence-corrected chi connectivity index (χ1v) is 6.76. The van der Waals surface area contributed by atoms with Crippen LogP contribution >= 0.6 is 11.3 Å². The van der Waals surface area contributed by atoms with Crippen molar-refractivity contribution in [2.75, 3.05) is 13.1 Å². The Hall–Kier alpha value is -0.450. The molecule has 1 aromatic rings. The van der Waals surface area contributed by atoms with Crippen molar-refractivity contribution in [1.82, 2.24) is 9.88 Å². The zero-order chi connectivity index (χ0) is 11.8. The van der Waals surface area contributed by atoms with E-state index >= 15 is 0 Å². The minimum Gasteiger partial charge on any atom is -0.322 e. The summed E-state index contributed by atoms with van der Waals surface area (Å²) in [4.78, 5) is 7.06. The first-order valence-electron chi connectivity index (χ1n) is 5.88. The topological polar surface area (TPSA) is 42.1 Å². The number of hydrogen-bond acceptors (Lipinski definition) is 4. The second kappa shape index (κ2) is 4.43. The zero-order valence-corrected chi connectivity index (χ0v) is 11.2. The molecule has 2 heterocycles. The maximum absolute atomic E-state index is 5.81. The highest BCUT2D eigenvalue weighted by atomic mass is 32.1. The van der Waals surface area contributed by atoms with E-state index in [4.69, 9.17) is 5.73 Å². The highest BCUT2D eigenvalue weighted by molar-refractivity contribution is 7.09. The van der Waals surface area contributed by atoms with Gasteiger partial charge in [-0.2, -0.15) is 0 Å². The molecule has 1 unspecified atom stereocenters. The van der Waals surface area contributed by atoms with E-state index in [2.05, 4.69) is 29.1 Å². The molecule has 0 radical (unpaired) electrons. The number of hydrogen-bond donors (Lipinski definition) is 1. The molecular weight excluding hydrogens is 218 g/mol. The highest BCUT2D eigenvalue weighted by Crippen LogP contribution is 2.30.